The molecule has 1 atom stereocenters. The third-order valence-electron chi connectivity index (χ3n) is 2.09. The number of Topliss-reactive ketones (excluding diaryl/α,β-unsaturated/α-hetero) is 1. The predicted molar refractivity (Wildman–Crippen MR) is 47.0 cm³/mol. The molecule has 0 bridgehead atoms. The van der Waals surface area contributed by atoms with Gasteiger partial charge in [0.15, 0.2) is 5.78 Å². The summed E-state index contributed by atoms with van der Waals surface area (Å²) in [6.45, 7) is 1.76. The van der Waals surface area contributed by atoms with E-state index in [1.54, 1.807) is 6.92 Å². The van der Waals surface area contributed by atoms with Gasteiger partial charge in [0.25, 0.3) is 0 Å². The number of ketones is 1. The fourth-order valence-electron chi connectivity index (χ4n) is 1.48. The first-order chi connectivity index (χ1) is 5.84. The van der Waals surface area contributed by atoms with Crippen molar-refractivity contribution in [1.82, 2.24) is 0 Å². The Kier molecular flexibility index (Phi) is 1.48. The normalized spacial score (nSPS) is 18.8. The quantitative estimate of drug-likeness (QED) is 0.525. The maximum absolute atomic E-state index is 11.3. The first-order valence-electron chi connectivity index (χ1n) is 3.90. The van der Waals surface area contributed by atoms with E-state index in [9.17, 15) is 4.79 Å². The lowest BCUT2D eigenvalue weighted by molar-refractivity contribution is 0.0951. The summed E-state index contributed by atoms with van der Waals surface area (Å²) in [5, 5.41) is 0. The summed E-state index contributed by atoms with van der Waals surface area (Å²) in [7, 11) is 0. The molecule has 2 rings (SSSR count). The summed E-state index contributed by atoms with van der Waals surface area (Å²) in [5.74, 6) is 5.68. The van der Waals surface area contributed by atoms with E-state index >= 15 is 0 Å². The highest BCUT2D eigenvalue weighted by Gasteiger charge is 2.33. The minimum absolute atomic E-state index is 0.147. The second-order valence-electron chi connectivity index (χ2n) is 2.78. The SMILES string of the molecule is CC#CC1C(=O)c2ccccc21. The Balaban J connectivity index is 2.48. The number of carbonyl (C=O) groups is 1. The molecule has 0 amide bonds. The van der Waals surface area contributed by atoms with E-state index in [0.29, 0.717) is 0 Å². The number of rotatable bonds is 0. The Labute approximate surface area is 71.4 Å². The molecule has 0 fully saturated rings. The Bertz CT molecular complexity index is 393. The van der Waals surface area contributed by atoms with Gasteiger partial charge in [-0.05, 0) is 12.5 Å². The summed E-state index contributed by atoms with van der Waals surface area (Å²) >= 11 is 0. The predicted octanol–water partition coefficient (Wildman–Crippen LogP) is 1.99. The Morgan fingerprint density at radius 1 is 1.33 bits per heavy atom. The van der Waals surface area contributed by atoms with Crippen LogP contribution in [0.3, 0.4) is 0 Å². The van der Waals surface area contributed by atoms with E-state index in [4.69, 9.17) is 0 Å². The van der Waals surface area contributed by atoms with Gasteiger partial charge in [0.05, 0.1) is 0 Å². The Morgan fingerprint density at radius 3 is 2.83 bits per heavy atom. The summed E-state index contributed by atoms with van der Waals surface area (Å²) in [5.41, 5.74) is 1.92. The molecule has 0 radical (unpaired) electrons. The first kappa shape index (κ1) is 7.12. The van der Waals surface area contributed by atoms with E-state index in [1.165, 1.54) is 0 Å². The van der Waals surface area contributed by atoms with E-state index < -0.39 is 0 Å². The molecule has 0 spiro atoms. The van der Waals surface area contributed by atoms with Crippen LogP contribution in [0, 0.1) is 11.8 Å². The topological polar surface area (TPSA) is 17.1 Å². The molecule has 1 heteroatoms. The van der Waals surface area contributed by atoms with Gasteiger partial charge in [-0.3, -0.25) is 4.79 Å². The largest absolute Gasteiger partial charge is 0.292 e. The third kappa shape index (κ3) is 0.785. The molecule has 0 aromatic heterocycles. The highest BCUT2D eigenvalue weighted by atomic mass is 16.1. The van der Waals surface area contributed by atoms with E-state index in [-0.39, 0.29) is 11.7 Å². The maximum atomic E-state index is 11.3. The molecule has 58 valence electrons. The minimum atomic E-state index is -0.147. The van der Waals surface area contributed by atoms with Crippen LogP contribution in [-0.4, -0.2) is 5.78 Å². The van der Waals surface area contributed by atoms with Crippen molar-refractivity contribution in [3.8, 4) is 11.8 Å². The molecule has 0 saturated heterocycles. The van der Waals surface area contributed by atoms with Gasteiger partial charge in [-0.25, -0.2) is 0 Å². The number of hydrogen-bond donors (Lipinski definition) is 0. The lowest BCUT2D eigenvalue weighted by Crippen LogP contribution is -2.24. The highest BCUT2D eigenvalue weighted by Crippen LogP contribution is 2.33. The summed E-state index contributed by atoms with van der Waals surface area (Å²) in [6, 6.07) is 7.64. The van der Waals surface area contributed by atoms with Gasteiger partial charge in [0.1, 0.15) is 5.92 Å². The standard InChI is InChI=1S/C11H8O/c1-2-5-9-8-6-3-4-7-10(8)11(9)12/h3-4,6-7,9H,1H3. The molecular weight excluding hydrogens is 148 g/mol. The molecule has 0 aliphatic heterocycles. The van der Waals surface area contributed by atoms with Crippen molar-refractivity contribution in [2.75, 3.05) is 0 Å². The van der Waals surface area contributed by atoms with E-state index in [2.05, 4.69) is 11.8 Å². The third-order valence-corrected chi connectivity index (χ3v) is 2.09. The van der Waals surface area contributed by atoms with Crippen LogP contribution in [0.5, 0.6) is 0 Å². The van der Waals surface area contributed by atoms with Crippen molar-refractivity contribution in [1.29, 1.82) is 0 Å². The van der Waals surface area contributed by atoms with Crippen molar-refractivity contribution < 1.29 is 4.79 Å². The van der Waals surface area contributed by atoms with Crippen molar-refractivity contribution in [2.45, 2.75) is 12.8 Å². The van der Waals surface area contributed by atoms with Crippen LogP contribution in [0.15, 0.2) is 24.3 Å². The molecule has 1 nitrogen and oxygen atoms in total. The van der Waals surface area contributed by atoms with E-state index in [1.807, 2.05) is 24.3 Å². The zero-order chi connectivity index (χ0) is 8.55. The van der Waals surface area contributed by atoms with E-state index in [0.717, 1.165) is 11.1 Å². The lowest BCUT2D eigenvalue weighted by Gasteiger charge is -2.23. The molecule has 0 N–H and O–H groups in total. The van der Waals surface area contributed by atoms with Crippen LogP contribution in [0.1, 0.15) is 28.8 Å². The molecular formula is C11H8O. The minimum Gasteiger partial charge on any atom is -0.292 e. The van der Waals surface area contributed by atoms with Crippen molar-refractivity contribution in [3.05, 3.63) is 35.4 Å². The first-order valence-corrected chi connectivity index (χ1v) is 3.90. The van der Waals surface area contributed by atoms with Crippen LogP contribution in [-0.2, 0) is 0 Å². The smallest absolute Gasteiger partial charge is 0.182 e. The zero-order valence-corrected chi connectivity index (χ0v) is 6.79. The number of carbonyl (C=O) groups excluding carboxylic acids is 1. The molecule has 0 heterocycles. The summed E-state index contributed by atoms with van der Waals surface area (Å²) in [6.07, 6.45) is 0. The fourth-order valence-corrected chi connectivity index (χ4v) is 1.48. The van der Waals surface area contributed by atoms with Crippen molar-refractivity contribution in [2.24, 2.45) is 0 Å². The van der Waals surface area contributed by atoms with Crippen molar-refractivity contribution in [3.63, 3.8) is 0 Å². The Hall–Kier alpha value is -1.55. The average molecular weight is 156 g/mol. The Morgan fingerprint density at radius 2 is 2.08 bits per heavy atom. The second-order valence-corrected chi connectivity index (χ2v) is 2.78. The lowest BCUT2D eigenvalue weighted by atomic mass is 9.77. The van der Waals surface area contributed by atoms with Gasteiger partial charge in [-0.2, -0.15) is 0 Å². The molecule has 1 aliphatic rings. The van der Waals surface area contributed by atoms with Crippen molar-refractivity contribution >= 4 is 5.78 Å². The van der Waals surface area contributed by atoms with Crippen LogP contribution in [0.25, 0.3) is 0 Å². The highest BCUT2D eigenvalue weighted by molar-refractivity contribution is 6.12. The number of benzene rings is 1. The monoisotopic (exact) mass is 156 g/mol. The summed E-state index contributed by atoms with van der Waals surface area (Å²) in [4.78, 5) is 11.3. The molecule has 1 aromatic carbocycles. The fraction of sp³-hybridized carbons (Fsp3) is 0.182. The average Bonchev–Trinajstić information content (AvgIpc) is 2.13. The van der Waals surface area contributed by atoms with Gasteiger partial charge in [-0.15, -0.1) is 5.92 Å². The zero-order valence-electron chi connectivity index (χ0n) is 6.79. The maximum Gasteiger partial charge on any atom is 0.182 e. The van der Waals surface area contributed by atoms with Gasteiger partial charge >= 0.3 is 0 Å². The molecule has 0 saturated carbocycles. The second kappa shape index (κ2) is 2.49. The molecule has 1 aromatic rings. The molecule has 1 aliphatic carbocycles. The van der Waals surface area contributed by atoms with Crippen LogP contribution < -0.4 is 0 Å². The van der Waals surface area contributed by atoms with Crippen LogP contribution in [0.2, 0.25) is 0 Å². The summed E-state index contributed by atoms with van der Waals surface area (Å²) < 4.78 is 0. The number of fused-ring (bicyclic) bond motifs is 1. The van der Waals surface area contributed by atoms with Crippen LogP contribution in [0.4, 0.5) is 0 Å². The van der Waals surface area contributed by atoms with Gasteiger partial charge in [-0.1, -0.05) is 30.2 Å². The van der Waals surface area contributed by atoms with Crippen LogP contribution >= 0.6 is 0 Å². The molecule has 1 unspecified atom stereocenters. The molecule has 12 heavy (non-hydrogen) atoms. The van der Waals surface area contributed by atoms with Gasteiger partial charge in [0.2, 0.25) is 0 Å². The number of hydrogen-bond acceptors (Lipinski definition) is 1. The van der Waals surface area contributed by atoms with Gasteiger partial charge < -0.3 is 0 Å². The van der Waals surface area contributed by atoms with Gasteiger partial charge in [0, 0.05) is 5.56 Å².